The molecule has 4 rings (SSSR count). The fraction of sp³-hybridized carbons (Fsp3) is 0.238. The summed E-state index contributed by atoms with van der Waals surface area (Å²) in [5.41, 5.74) is 10.1. The summed E-state index contributed by atoms with van der Waals surface area (Å²) in [4.78, 5) is 31.1. The van der Waals surface area contributed by atoms with Crippen LogP contribution in [0.3, 0.4) is 0 Å². The van der Waals surface area contributed by atoms with E-state index in [1.165, 1.54) is 12.0 Å². The number of fused-ring (bicyclic) bond motifs is 1. The van der Waals surface area contributed by atoms with Gasteiger partial charge in [-0.1, -0.05) is 0 Å². The highest BCUT2D eigenvalue weighted by Crippen LogP contribution is 2.42. The van der Waals surface area contributed by atoms with Crippen molar-refractivity contribution in [1.29, 1.82) is 0 Å². The summed E-state index contributed by atoms with van der Waals surface area (Å²) in [6.45, 7) is 4.05. The molecule has 0 saturated heterocycles. The Morgan fingerprint density at radius 3 is 2.70 bits per heavy atom. The van der Waals surface area contributed by atoms with Crippen LogP contribution in [0.25, 0.3) is 11.6 Å². The third-order valence-electron chi connectivity index (χ3n) is 5.05. The number of aromatic amines is 1. The summed E-state index contributed by atoms with van der Waals surface area (Å²) in [6, 6.07) is 3.72. The first kappa shape index (κ1) is 19.4. The van der Waals surface area contributed by atoms with Crippen molar-refractivity contribution in [2.24, 2.45) is 0 Å². The quantitative estimate of drug-likeness (QED) is 0.625. The number of nitrogens with two attached hydrogens (primary N) is 1. The van der Waals surface area contributed by atoms with Crippen molar-refractivity contribution >= 4 is 29.3 Å². The predicted molar refractivity (Wildman–Crippen MR) is 113 cm³/mol. The first-order valence-corrected chi connectivity index (χ1v) is 9.32. The van der Waals surface area contributed by atoms with Crippen LogP contribution < -0.4 is 20.1 Å². The Kier molecular flexibility index (Phi) is 4.86. The van der Waals surface area contributed by atoms with Gasteiger partial charge in [0.05, 0.1) is 37.6 Å². The normalized spacial score (nSPS) is 14.3. The molecule has 0 bridgehead atoms. The second kappa shape index (κ2) is 7.51. The summed E-state index contributed by atoms with van der Waals surface area (Å²) in [5, 5.41) is 0. The molecule has 0 radical (unpaired) electrons. The molecule has 154 valence electrons. The summed E-state index contributed by atoms with van der Waals surface area (Å²) in [7, 11) is 3.10. The number of nitrogen functional groups attached to an aromatic ring is 1. The van der Waals surface area contributed by atoms with E-state index in [1.807, 2.05) is 26.0 Å². The largest absolute Gasteiger partial charge is 0.496 e. The monoisotopic (exact) mass is 406 g/mol. The number of methoxy groups -OCH3 is 2. The minimum absolute atomic E-state index is 0.0238. The minimum Gasteiger partial charge on any atom is -0.496 e. The maximum absolute atomic E-state index is 13.4. The molecule has 1 amide bonds. The highest BCUT2D eigenvalue weighted by atomic mass is 16.5. The van der Waals surface area contributed by atoms with Gasteiger partial charge < -0.3 is 20.2 Å². The van der Waals surface area contributed by atoms with Crippen LogP contribution in [0.4, 0.5) is 11.8 Å². The van der Waals surface area contributed by atoms with E-state index in [1.54, 1.807) is 25.6 Å². The molecule has 1 aliphatic rings. The van der Waals surface area contributed by atoms with Gasteiger partial charge in [0.2, 0.25) is 11.8 Å². The second-order valence-corrected chi connectivity index (χ2v) is 6.91. The Morgan fingerprint density at radius 2 is 2.03 bits per heavy atom. The van der Waals surface area contributed by atoms with Gasteiger partial charge in [-0.15, -0.1) is 0 Å². The van der Waals surface area contributed by atoms with E-state index in [9.17, 15) is 4.79 Å². The van der Waals surface area contributed by atoms with Gasteiger partial charge in [-0.2, -0.15) is 9.97 Å². The average molecular weight is 406 g/mol. The number of carbonyl (C=O) groups excluding carboxylic acids is 1. The lowest BCUT2D eigenvalue weighted by Crippen LogP contribution is -2.27. The van der Waals surface area contributed by atoms with Crippen molar-refractivity contribution in [1.82, 2.24) is 19.9 Å². The predicted octanol–water partition coefficient (Wildman–Crippen LogP) is 2.50. The lowest BCUT2D eigenvalue weighted by atomic mass is 10.1. The van der Waals surface area contributed by atoms with Gasteiger partial charge >= 0.3 is 0 Å². The summed E-state index contributed by atoms with van der Waals surface area (Å²) in [5.74, 6) is 1.17. The molecule has 30 heavy (non-hydrogen) atoms. The van der Waals surface area contributed by atoms with Crippen LogP contribution in [0.1, 0.15) is 28.1 Å². The van der Waals surface area contributed by atoms with Crippen molar-refractivity contribution in [3.8, 4) is 11.6 Å². The van der Waals surface area contributed by atoms with E-state index in [4.69, 9.17) is 15.2 Å². The molecular weight excluding hydrogens is 384 g/mol. The molecule has 0 fully saturated rings. The summed E-state index contributed by atoms with van der Waals surface area (Å²) >= 11 is 0. The van der Waals surface area contributed by atoms with E-state index in [2.05, 4.69) is 19.9 Å². The number of pyridine rings is 1. The zero-order valence-electron chi connectivity index (χ0n) is 17.2. The number of amides is 1. The summed E-state index contributed by atoms with van der Waals surface area (Å²) in [6.07, 6.45) is 5.26. The number of carbonyl (C=O) groups is 1. The first-order chi connectivity index (χ1) is 14.4. The lowest BCUT2D eigenvalue weighted by molar-refractivity contribution is -0.113. The topological polar surface area (TPSA) is 119 Å². The Labute approximate surface area is 173 Å². The first-order valence-electron chi connectivity index (χ1n) is 9.32. The Morgan fingerprint density at radius 1 is 1.23 bits per heavy atom. The number of aryl methyl sites for hydroxylation is 1. The number of anilines is 2. The zero-order chi connectivity index (χ0) is 21.4. The molecule has 3 aromatic rings. The van der Waals surface area contributed by atoms with Gasteiger partial charge in [-0.05, 0) is 32.1 Å². The molecule has 9 nitrogen and oxygen atoms in total. The van der Waals surface area contributed by atoms with Crippen molar-refractivity contribution < 1.29 is 14.3 Å². The van der Waals surface area contributed by atoms with E-state index >= 15 is 0 Å². The smallest absolute Gasteiger partial charge is 0.260 e. The van der Waals surface area contributed by atoms with Crippen molar-refractivity contribution in [3.05, 3.63) is 52.6 Å². The second-order valence-electron chi connectivity index (χ2n) is 6.91. The number of rotatable bonds is 5. The zero-order valence-corrected chi connectivity index (χ0v) is 17.2. The Hall–Kier alpha value is -3.88. The highest BCUT2D eigenvalue weighted by molar-refractivity contribution is 6.35. The number of ether oxygens (including phenoxy) is 2. The van der Waals surface area contributed by atoms with Crippen LogP contribution in [-0.4, -0.2) is 40.1 Å². The van der Waals surface area contributed by atoms with E-state index in [-0.39, 0.29) is 24.3 Å². The van der Waals surface area contributed by atoms with Gasteiger partial charge in [-0.25, -0.2) is 0 Å². The van der Waals surface area contributed by atoms with Crippen LogP contribution >= 0.6 is 0 Å². The van der Waals surface area contributed by atoms with E-state index in [0.717, 1.165) is 22.6 Å². The van der Waals surface area contributed by atoms with Crippen molar-refractivity contribution in [2.45, 2.75) is 20.4 Å². The standard InChI is InChI=1S/C21H22N6O3/c1-11-9-24-15(12(2)17(11)29-3)10-27-18-16(19(30-4)26-21(22)25-18)14(20(27)28)8-13-6-5-7-23-13/h5-9,23H,10H2,1-4H3,(H2,22,25,26). The average Bonchev–Trinajstić information content (AvgIpc) is 3.32. The van der Waals surface area contributed by atoms with Crippen molar-refractivity contribution in [3.63, 3.8) is 0 Å². The number of hydrogen-bond donors (Lipinski definition) is 2. The molecule has 9 heteroatoms. The van der Waals surface area contributed by atoms with Gasteiger partial charge in [0.1, 0.15) is 5.75 Å². The van der Waals surface area contributed by atoms with Crippen LogP contribution in [-0.2, 0) is 11.3 Å². The highest BCUT2D eigenvalue weighted by Gasteiger charge is 2.38. The van der Waals surface area contributed by atoms with Crippen molar-refractivity contribution in [2.75, 3.05) is 24.9 Å². The Bertz CT molecular complexity index is 1150. The van der Waals surface area contributed by atoms with Gasteiger partial charge in [0, 0.05) is 29.2 Å². The molecule has 0 saturated carbocycles. The molecule has 0 aliphatic carbocycles. The number of nitrogens with one attached hydrogen (secondary N) is 1. The third-order valence-corrected chi connectivity index (χ3v) is 5.05. The molecule has 3 aromatic heterocycles. The number of hydrogen-bond acceptors (Lipinski definition) is 7. The fourth-order valence-corrected chi connectivity index (χ4v) is 3.62. The van der Waals surface area contributed by atoms with Gasteiger partial charge in [0.25, 0.3) is 5.91 Å². The number of nitrogens with zero attached hydrogens (tertiary/aromatic N) is 4. The number of H-pyrrole nitrogens is 1. The molecule has 3 N–H and O–H groups in total. The Balaban J connectivity index is 1.85. The SMILES string of the molecule is COc1nc(N)nc2c1C(=Cc1ccc[nH]1)C(=O)N2Cc1ncc(C)c(OC)c1C. The molecule has 0 atom stereocenters. The van der Waals surface area contributed by atoms with Gasteiger partial charge in [-0.3, -0.25) is 14.7 Å². The van der Waals surface area contributed by atoms with E-state index < -0.39 is 0 Å². The molecule has 4 heterocycles. The molecule has 1 aliphatic heterocycles. The fourth-order valence-electron chi connectivity index (χ4n) is 3.62. The van der Waals surface area contributed by atoms with Crippen LogP contribution in [0, 0.1) is 13.8 Å². The van der Waals surface area contributed by atoms with Crippen LogP contribution in [0.15, 0.2) is 24.5 Å². The summed E-state index contributed by atoms with van der Waals surface area (Å²) < 4.78 is 10.9. The minimum atomic E-state index is -0.237. The van der Waals surface area contributed by atoms with Gasteiger partial charge in [0.15, 0.2) is 5.82 Å². The maximum atomic E-state index is 13.4. The lowest BCUT2D eigenvalue weighted by Gasteiger charge is -2.19. The third kappa shape index (κ3) is 3.14. The molecule has 0 spiro atoms. The molecule has 0 aromatic carbocycles. The van der Waals surface area contributed by atoms with E-state index in [0.29, 0.717) is 22.6 Å². The molecular formula is C21H22N6O3. The van der Waals surface area contributed by atoms with Crippen LogP contribution in [0.2, 0.25) is 0 Å². The number of aromatic nitrogens is 4. The van der Waals surface area contributed by atoms with Crippen LogP contribution in [0.5, 0.6) is 11.6 Å². The molecule has 0 unspecified atom stereocenters. The maximum Gasteiger partial charge on any atom is 0.260 e.